The molecule has 0 aromatic heterocycles. The molecule has 1 unspecified atom stereocenters. The predicted octanol–water partition coefficient (Wildman–Crippen LogP) is 8.55. The quantitative estimate of drug-likeness (QED) is 0.0430. The molecule has 0 aromatic carbocycles. The summed E-state index contributed by atoms with van der Waals surface area (Å²) in [5, 5.41) is 0. The first kappa shape index (κ1) is 45.2. The lowest BCUT2D eigenvalue weighted by atomic mass is 10.2. The molecule has 0 rings (SSSR count). The molecule has 0 spiro atoms. The van der Waals surface area contributed by atoms with Crippen molar-refractivity contribution in [2.75, 3.05) is 40.4 Å². The number of unbranched alkanes of at least 4 members (excludes halogenated alkanes) is 2. The van der Waals surface area contributed by atoms with Gasteiger partial charge in [0.2, 0.25) is 0 Å². The minimum atomic E-state index is -2.16. The number of likely N-dealkylation sites (N-methyl/N-ethyl adjacent to an activating group) is 1. The van der Waals surface area contributed by atoms with Crippen molar-refractivity contribution in [1.29, 1.82) is 0 Å². The highest BCUT2D eigenvalue weighted by molar-refractivity contribution is 8.93. The molecule has 0 radical (unpaired) electrons. The number of nitrogens with zero attached hydrogens (tertiary/aromatic N) is 1. The molecule has 0 bridgehead atoms. The first-order valence-corrected chi connectivity index (χ1v) is 22.7. The molecule has 1 atom stereocenters. The fourth-order valence-electron chi connectivity index (χ4n) is 4.48. The topological polar surface area (TPSA) is 54.0 Å². The van der Waals surface area contributed by atoms with E-state index in [1.807, 2.05) is 0 Å². The lowest BCUT2D eigenvalue weighted by Crippen LogP contribution is -2.52. The van der Waals surface area contributed by atoms with Gasteiger partial charge in [0.1, 0.15) is 6.54 Å². The Balaban J connectivity index is -0.00000193. The van der Waals surface area contributed by atoms with Gasteiger partial charge in [0, 0.05) is 12.2 Å². The summed E-state index contributed by atoms with van der Waals surface area (Å²) in [6, 6.07) is 2.22. The van der Waals surface area contributed by atoms with Gasteiger partial charge < -0.3 is 22.2 Å². The molecular weight excluding hydrogens is 594 g/mol. The van der Waals surface area contributed by atoms with Crippen molar-refractivity contribution >= 4 is 48.1 Å². The van der Waals surface area contributed by atoms with Crippen LogP contribution < -0.4 is 0 Å². The van der Waals surface area contributed by atoms with Crippen LogP contribution in [0.1, 0.15) is 67.7 Å². The molecule has 0 heterocycles. The molecule has 38 heavy (non-hydrogen) atoms. The number of hydrogen-bond acceptors (Lipinski definition) is 5. The monoisotopic (exact) mass is 660 g/mol. The molecule has 0 fully saturated rings. The number of quaternary nitrogens is 1. The first-order valence-electron chi connectivity index (χ1n) is 13.6. The van der Waals surface area contributed by atoms with E-state index < -0.39 is 25.2 Å². The Bertz CT molecular complexity index is 646. The highest BCUT2D eigenvalue weighted by atomic mass is 79.9. The molecule has 232 valence electrons. The van der Waals surface area contributed by atoms with Crippen LogP contribution in [0.2, 0.25) is 51.4 Å². The smallest absolute Gasteiger partial charge is 0.333 e. The summed E-state index contributed by atoms with van der Waals surface area (Å²) in [4.78, 5) is 12.2. The summed E-state index contributed by atoms with van der Waals surface area (Å²) in [7, 11) is -1.34. The minimum Gasteiger partial charge on any atom is -0.451 e. The van der Waals surface area contributed by atoms with Gasteiger partial charge in [0.15, 0.2) is 22.7 Å². The number of rotatable bonds is 20. The van der Waals surface area contributed by atoms with E-state index in [1.165, 1.54) is 18.9 Å². The fraction of sp³-hybridized carbons (Fsp3) is 0.893. The molecule has 0 aromatic rings. The maximum absolute atomic E-state index is 12.2. The highest BCUT2D eigenvalue weighted by Crippen LogP contribution is 2.26. The van der Waals surface area contributed by atoms with E-state index in [1.54, 1.807) is 6.92 Å². The SMILES string of the molecule is Br.C.C.C=C(C)C(=O)OC(COCCC[Si](C)(C)O[Si](C)(C)O[Si](C)(C)CCCC)C[N+](C)(C)CCCC. The maximum atomic E-state index is 12.2. The second kappa shape index (κ2) is 21.0. The average molecular weight is 662 g/mol. The molecule has 0 aliphatic rings. The van der Waals surface area contributed by atoms with Crippen molar-refractivity contribution in [2.45, 2.75) is 125 Å². The average Bonchev–Trinajstić information content (AvgIpc) is 2.68. The van der Waals surface area contributed by atoms with Gasteiger partial charge in [-0.3, -0.25) is 0 Å². The number of esters is 1. The van der Waals surface area contributed by atoms with Crippen LogP contribution in [0.3, 0.4) is 0 Å². The molecule has 10 heteroatoms. The third-order valence-electron chi connectivity index (χ3n) is 5.98. The predicted molar refractivity (Wildman–Crippen MR) is 180 cm³/mol. The summed E-state index contributed by atoms with van der Waals surface area (Å²) < 4.78 is 25.9. The van der Waals surface area contributed by atoms with E-state index in [-0.39, 0.29) is 43.9 Å². The third kappa shape index (κ3) is 22.9. The Morgan fingerprint density at radius 2 is 1.34 bits per heavy atom. The van der Waals surface area contributed by atoms with Gasteiger partial charge in [-0.25, -0.2) is 4.79 Å². The van der Waals surface area contributed by atoms with Gasteiger partial charge in [-0.2, -0.15) is 0 Å². The van der Waals surface area contributed by atoms with E-state index in [9.17, 15) is 4.79 Å². The zero-order valence-electron chi connectivity index (χ0n) is 25.5. The van der Waals surface area contributed by atoms with Crippen LogP contribution in [0.15, 0.2) is 12.2 Å². The van der Waals surface area contributed by atoms with E-state index in [4.69, 9.17) is 17.7 Å². The van der Waals surface area contributed by atoms with E-state index >= 15 is 0 Å². The van der Waals surface area contributed by atoms with Crippen molar-refractivity contribution < 1.29 is 27.0 Å². The Morgan fingerprint density at radius 3 is 1.79 bits per heavy atom. The number of carbonyl (C=O) groups excluding carboxylic acids is 1. The Morgan fingerprint density at radius 1 is 0.868 bits per heavy atom. The van der Waals surface area contributed by atoms with Crippen molar-refractivity contribution in [3.05, 3.63) is 12.2 Å². The number of hydrogen-bond donors (Lipinski definition) is 0. The third-order valence-corrected chi connectivity index (χ3v) is 17.5. The van der Waals surface area contributed by atoms with Gasteiger partial charge in [-0.05, 0) is 71.1 Å². The Kier molecular flexibility index (Phi) is 24.9. The van der Waals surface area contributed by atoms with E-state index in [2.05, 4.69) is 73.8 Å². The lowest BCUT2D eigenvalue weighted by molar-refractivity contribution is -0.893. The highest BCUT2D eigenvalue weighted by Gasteiger charge is 2.39. The fourth-order valence-corrected chi connectivity index (χ4v) is 18.7. The molecule has 0 saturated carbocycles. The normalized spacial score (nSPS) is 13.0. The van der Waals surface area contributed by atoms with Gasteiger partial charge in [0.25, 0.3) is 0 Å². The molecule has 0 aliphatic heterocycles. The Hall–Kier alpha value is 0.181. The largest absolute Gasteiger partial charge is 0.451 e. The Labute approximate surface area is 252 Å². The molecular formula is C28H67BrNO5Si3+. The second-order valence-electron chi connectivity index (χ2n) is 12.4. The van der Waals surface area contributed by atoms with Gasteiger partial charge in [0.05, 0.1) is 27.2 Å². The van der Waals surface area contributed by atoms with Crippen molar-refractivity contribution in [2.24, 2.45) is 0 Å². The maximum Gasteiger partial charge on any atom is 0.333 e. The summed E-state index contributed by atoms with van der Waals surface area (Å²) in [5.41, 5.74) is 0.425. The minimum absolute atomic E-state index is 0. The standard InChI is InChI=1S/C26H58NO5Si3.2CH4.BrH/c1-13-15-18-27(5,6)22-25(30-26(28)24(3)4)23-29-19-17-21-34(9,10)32-35(11,12)31-33(7,8)20-16-14-2;;;/h25H,3,13-23H2,1-2,4-12H3;2*1H4;1H/q+1;;;. The van der Waals surface area contributed by atoms with Crippen LogP contribution in [0.25, 0.3) is 0 Å². The molecule has 6 nitrogen and oxygen atoms in total. The van der Waals surface area contributed by atoms with Crippen LogP contribution in [-0.2, 0) is 22.5 Å². The number of carbonyl (C=O) groups is 1. The zero-order valence-corrected chi connectivity index (χ0v) is 30.2. The van der Waals surface area contributed by atoms with E-state index in [0.717, 1.165) is 42.9 Å². The van der Waals surface area contributed by atoms with Crippen molar-refractivity contribution in [3.63, 3.8) is 0 Å². The summed E-state index contributed by atoms with van der Waals surface area (Å²) in [5.74, 6) is -0.339. The van der Waals surface area contributed by atoms with Crippen LogP contribution in [0.5, 0.6) is 0 Å². The first-order chi connectivity index (χ1) is 15.9. The van der Waals surface area contributed by atoms with Crippen LogP contribution >= 0.6 is 17.0 Å². The lowest BCUT2D eigenvalue weighted by Gasteiger charge is -2.38. The molecule has 0 amide bonds. The zero-order chi connectivity index (χ0) is 27.3. The van der Waals surface area contributed by atoms with Crippen molar-refractivity contribution in [1.82, 2.24) is 0 Å². The van der Waals surface area contributed by atoms with Gasteiger partial charge in [-0.15, -0.1) is 17.0 Å². The second-order valence-corrected chi connectivity index (χ2v) is 24.9. The van der Waals surface area contributed by atoms with Crippen LogP contribution in [0, 0.1) is 0 Å². The van der Waals surface area contributed by atoms with E-state index in [0.29, 0.717) is 18.8 Å². The summed E-state index contributed by atoms with van der Waals surface area (Å²) >= 11 is 0. The summed E-state index contributed by atoms with van der Waals surface area (Å²) in [6.07, 6.45) is 5.41. The number of ether oxygens (including phenoxy) is 2. The van der Waals surface area contributed by atoms with Crippen LogP contribution in [0.4, 0.5) is 0 Å². The van der Waals surface area contributed by atoms with Crippen molar-refractivity contribution in [3.8, 4) is 0 Å². The molecule has 0 N–H and O–H groups in total. The van der Waals surface area contributed by atoms with Gasteiger partial charge in [-0.1, -0.05) is 54.5 Å². The summed E-state index contributed by atoms with van der Waals surface area (Å²) in [6.45, 7) is 26.3. The molecule has 0 aliphatic carbocycles. The van der Waals surface area contributed by atoms with Crippen LogP contribution in [-0.4, -0.2) is 82.2 Å². The number of halogens is 1. The molecule has 0 saturated heterocycles. The van der Waals surface area contributed by atoms with Gasteiger partial charge >= 0.3 is 14.5 Å².